The van der Waals surface area contributed by atoms with Gasteiger partial charge in [0.1, 0.15) is 5.76 Å². The van der Waals surface area contributed by atoms with Crippen LogP contribution in [-0.4, -0.2) is 24.9 Å². The molecular weight excluding hydrogens is 284 g/mol. The topological polar surface area (TPSA) is 63.4 Å². The summed E-state index contributed by atoms with van der Waals surface area (Å²) >= 11 is 1.48. The van der Waals surface area contributed by atoms with Crippen molar-refractivity contribution < 1.29 is 12.9 Å². The van der Waals surface area contributed by atoms with Crippen LogP contribution in [0.1, 0.15) is 21.2 Å². The second kappa shape index (κ2) is 5.07. The molecule has 0 aliphatic carbocycles. The van der Waals surface area contributed by atoms with Gasteiger partial charge in [-0.1, -0.05) is 5.16 Å². The monoisotopic (exact) mass is 300 g/mol. The van der Waals surface area contributed by atoms with Crippen molar-refractivity contribution in [1.29, 1.82) is 0 Å². The second-order valence-corrected chi connectivity index (χ2v) is 7.94. The van der Waals surface area contributed by atoms with E-state index in [2.05, 4.69) is 5.16 Å². The summed E-state index contributed by atoms with van der Waals surface area (Å²) in [6, 6.07) is 3.44. The molecule has 0 unspecified atom stereocenters. The minimum atomic E-state index is -3.48. The molecule has 0 aliphatic rings. The lowest BCUT2D eigenvalue weighted by atomic mass is 10.4. The summed E-state index contributed by atoms with van der Waals surface area (Å²) < 4.78 is 31.1. The van der Waals surface area contributed by atoms with E-state index < -0.39 is 10.0 Å². The van der Waals surface area contributed by atoms with Gasteiger partial charge in [0.2, 0.25) is 10.0 Å². The second-order valence-electron chi connectivity index (χ2n) is 4.47. The van der Waals surface area contributed by atoms with Crippen molar-refractivity contribution in [3.05, 3.63) is 33.3 Å². The Hall–Kier alpha value is -1.18. The first-order chi connectivity index (χ1) is 8.80. The zero-order valence-corrected chi connectivity index (χ0v) is 12.9. The van der Waals surface area contributed by atoms with Gasteiger partial charge in [0.25, 0.3) is 0 Å². The molecule has 0 N–H and O–H groups in total. The molecule has 19 heavy (non-hydrogen) atoms. The van der Waals surface area contributed by atoms with Gasteiger partial charge in [-0.25, -0.2) is 8.42 Å². The first-order valence-corrected chi connectivity index (χ1v) is 8.02. The van der Waals surface area contributed by atoms with Crippen molar-refractivity contribution in [3.63, 3.8) is 0 Å². The Bertz CT molecular complexity index is 686. The SMILES string of the molecule is Cc1cc(CN(C)S(=O)(=O)c2cc(C)sc2C)no1. The van der Waals surface area contributed by atoms with Gasteiger partial charge in [-0.05, 0) is 26.8 Å². The van der Waals surface area contributed by atoms with Gasteiger partial charge < -0.3 is 4.52 Å². The first-order valence-electron chi connectivity index (χ1n) is 5.76. The van der Waals surface area contributed by atoms with E-state index >= 15 is 0 Å². The van der Waals surface area contributed by atoms with Crippen LogP contribution >= 0.6 is 11.3 Å². The van der Waals surface area contributed by atoms with E-state index in [1.54, 1.807) is 26.1 Å². The Labute approximate surface area is 116 Å². The molecule has 0 amide bonds. The Balaban J connectivity index is 2.27. The molecule has 0 saturated heterocycles. The molecular formula is C12H16N2O3S2. The summed E-state index contributed by atoms with van der Waals surface area (Å²) in [6.45, 7) is 5.70. The fraction of sp³-hybridized carbons (Fsp3) is 0.417. The van der Waals surface area contributed by atoms with Gasteiger partial charge in [0, 0.05) is 22.9 Å². The van der Waals surface area contributed by atoms with Crippen LogP contribution in [-0.2, 0) is 16.6 Å². The van der Waals surface area contributed by atoms with Gasteiger partial charge in [-0.15, -0.1) is 11.3 Å². The maximum absolute atomic E-state index is 12.5. The number of sulfonamides is 1. The van der Waals surface area contributed by atoms with Crippen LogP contribution in [0, 0.1) is 20.8 Å². The average Bonchev–Trinajstić information content (AvgIpc) is 2.85. The number of thiophene rings is 1. The smallest absolute Gasteiger partial charge is 0.244 e. The zero-order valence-electron chi connectivity index (χ0n) is 11.3. The molecule has 2 aromatic rings. The van der Waals surface area contributed by atoms with Crippen LogP contribution in [0.3, 0.4) is 0 Å². The van der Waals surface area contributed by atoms with Crippen LogP contribution in [0.4, 0.5) is 0 Å². The van der Waals surface area contributed by atoms with E-state index in [0.717, 1.165) is 9.75 Å². The van der Waals surface area contributed by atoms with Gasteiger partial charge in [-0.3, -0.25) is 0 Å². The lowest BCUT2D eigenvalue weighted by molar-refractivity contribution is 0.378. The van der Waals surface area contributed by atoms with Crippen LogP contribution in [0.15, 0.2) is 21.6 Å². The number of aromatic nitrogens is 1. The van der Waals surface area contributed by atoms with Crippen molar-refractivity contribution in [2.24, 2.45) is 0 Å². The Morgan fingerprint density at radius 2 is 2.00 bits per heavy atom. The normalized spacial score (nSPS) is 12.3. The van der Waals surface area contributed by atoms with E-state index in [1.807, 2.05) is 13.8 Å². The number of hydrogen-bond donors (Lipinski definition) is 0. The molecule has 0 bridgehead atoms. The van der Waals surface area contributed by atoms with Gasteiger partial charge in [0.15, 0.2) is 0 Å². The Kier molecular flexibility index (Phi) is 3.80. The summed E-state index contributed by atoms with van der Waals surface area (Å²) in [5.74, 6) is 0.670. The first kappa shape index (κ1) is 14.2. The van der Waals surface area contributed by atoms with Crippen molar-refractivity contribution in [3.8, 4) is 0 Å². The highest BCUT2D eigenvalue weighted by Crippen LogP contribution is 2.27. The van der Waals surface area contributed by atoms with Crippen LogP contribution in [0.2, 0.25) is 0 Å². The molecule has 2 rings (SSSR count). The lowest BCUT2D eigenvalue weighted by Crippen LogP contribution is -2.26. The average molecular weight is 300 g/mol. The molecule has 0 radical (unpaired) electrons. The van der Waals surface area contributed by atoms with Crippen molar-refractivity contribution in [2.45, 2.75) is 32.2 Å². The van der Waals surface area contributed by atoms with Crippen molar-refractivity contribution in [1.82, 2.24) is 9.46 Å². The Morgan fingerprint density at radius 3 is 2.47 bits per heavy atom. The molecule has 2 heterocycles. The van der Waals surface area contributed by atoms with E-state index in [0.29, 0.717) is 16.3 Å². The third kappa shape index (κ3) is 2.88. The summed E-state index contributed by atoms with van der Waals surface area (Å²) in [5, 5.41) is 3.81. The molecule has 0 fully saturated rings. The maximum Gasteiger partial charge on any atom is 0.244 e. The largest absolute Gasteiger partial charge is 0.361 e. The van der Waals surface area contributed by atoms with Crippen LogP contribution in [0.25, 0.3) is 0 Å². The fourth-order valence-corrected chi connectivity index (χ4v) is 4.50. The molecule has 0 aliphatic heterocycles. The minimum absolute atomic E-state index is 0.202. The maximum atomic E-state index is 12.5. The highest BCUT2D eigenvalue weighted by atomic mass is 32.2. The van der Waals surface area contributed by atoms with Crippen molar-refractivity contribution >= 4 is 21.4 Å². The summed E-state index contributed by atoms with van der Waals surface area (Å²) in [5.41, 5.74) is 0.605. The zero-order chi connectivity index (χ0) is 14.2. The van der Waals surface area contributed by atoms with Crippen LogP contribution < -0.4 is 0 Å². The highest BCUT2D eigenvalue weighted by molar-refractivity contribution is 7.89. The van der Waals surface area contributed by atoms with Gasteiger partial charge in [-0.2, -0.15) is 4.31 Å². The van der Waals surface area contributed by atoms with E-state index in [9.17, 15) is 8.42 Å². The Morgan fingerprint density at radius 1 is 1.32 bits per heavy atom. The number of aryl methyl sites for hydroxylation is 3. The predicted octanol–water partition coefficient (Wildman–Crippen LogP) is 2.48. The van der Waals surface area contributed by atoms with Gasteiger partial charge >= 0.3 is 0 Å². The molecule has 5 nitrogen and oxygen atoms in total. The number of hydrogen-bond acceptors (Lipinski definition) is 5. The highest BCUT2D eigenvalue weighted by Gasteiger charge is 2.25. The molecule has 0 spiro atoms. The molecule has 0 atom stereocenters. The summed E-state index contributed by atoms with van der Waals surface area (Å²) in [6.07, 6.45) is 0. The number of nitrogens with zero attached hydrogens (tertiary/aromatic N) is 2. The van der Waals surface area contributed by atoms with Crippen molar-refractivity contribution in [2.75, 3.05) is 7.05 Å². The fourth-order valence-electron chi connectivity index (χ4n) is 1.84. The quantitative estimate of drug-likeness (QED) is 0.870. The third-order valence-corrected chi connectivity index (χ3v) is 5.77. The standard InChI is InChI=1S/C12H16N2O3S2/c1-8-5-11(13-17-8)7-14(4)19(15,16)12-6-9(2)18-10(12)3/h5-6H,7H2,1-4H3. The number of rotatable bonds is 4. The molecule has 2 aromatic heterocycles. The molecule has 0 aromatic carbocycles. The van der Waals surface area contributed by atoms with E-state index in [4.69, 9.17) is 4.52 Å². The predicted molar refractivity (Wildman–Crippen MR) is 73.7 cm³/mol. The van der Waals surface area contributed by atoms with Gasteiger partial charge in [0.05, 0.1) is 17.1 Å². The van der Waals surface area contributed by atoms with E-state index in [1.165, 1.54) is 15.6 Å². The molecule has 104 valence electrons. The minimum Gasteiger partial charge on any atom is -0.361 e. The summed E-state index contributed by atoms with van der Waals surface area (Å²) in [4.78, 5) is 2.17. The molecule has 0 saturated carbocycles. The third-order valence-electron chi connectivity index (χ3n) is 2.75. The lowest BCUT2D eigenvalue weighted by Gasteiger charge is -2.15. The van der Waals surface area contributed by atoms with Crippen LogP contribution in [0.5, 0.6) is 0 Å². The summed E-state index contributed by atoms with van der Waals surface area (Å²) in [7, 11) is -1.93. The van der Waals surface area contributed by atoms with E-state index in [-0.39, 0.29) is 6.54 Å². The molecule has 7 heteroatoms.